The minimum Gasteiger partial charge on any atom is -0.543 e. The number of rotatable bonds is 5. The zero-order chi connectivity index (χ0) is 26.5. The van der Waals surface area contributed by atoms with Gasteiger partial charge in [0.1, 0.15) is 11.5 Å². The SMILES string of the molecule is CC(C)(C)[Si](C)(C)Oc1ccc2ccccc2c1-c1c(O[Si](C)(C)C(C)(C)C)ccc2ccccc12. The van der Waals surface area contributed by atoms with Crippen molar-refractivity contribution in [2.45, 2.75) is 77.8 Å². The van der Waals surface area contributed by atoms with Crippen LogP contribution in [-0.4, -0.2) is 16.6 Å². The average molecular weight is 515 g/mol. The van der Waals surface area contributed by atoms with Gasteiger partial charge in [0.2, 0.25) is 0 Å². The number of fused-ring (bicyclic) bond motifs is 2. The Morgan fingerprint density at radius 2 is 0.806 bits per heavy atom. The Hall–Kier alpha value is -2.57. The Bertz CT molecular complexity index is 1300. The van der Waals surface area contributed by atoms with Crippen LogP contribution in [0.25, 0.3) is 32.7 Å². The van der Waals surface area contributed by atoms with Gasteiger partial charge in [-0.3, -0.25) is 0 Å². The lowest BCUT2D eigenvalue weighted by Crippen LogP contribution is -2.44. The van der Waals surface area contributed by atoms with Gasteiger partial charge in [0, 0.05) is 11.1 Å². The van der Waals surface area contributed by atoms with Crippen LogP contribution < -0.4 is 8.85 Å². The van der Waals surface area contributed by atoms with Gasteiger partial charge in [-0.15, -0.1) is 0 Å². The summed E-state index contributed by atoms with van der Waals surface area (Å²) in [5, 5.41) is 5.00. The number of hydrogen-bond donors (Lipinski definition) is 0. The van der Waals surface area contributed by atoms with Gasteiger partial charge in [0.25, 0.3) is 16.6 Å². The van der Waals surface area contributed by atoms with E-state index in [-0.39, 0.29) is 10.1 Å². The molecule has 0 aliphatic carbocycles. The summed E-state index contributed by atoms with van der Waals surface area (Å²) in [5.41, 5.74) is 2.28. The highest BCUT2D eigenvalue weighted by Gasteiger charge is 2.41. The third-order valence-electron chi connectivity index (χ3n) is 8.37. The molecule has 0 saturated carbocycles. The summed E-state index contributed by atoms with van der Waals surface area (Å²) in [6.45, 7) is 23.1. The second-order valence-electron chi connectivity index (χ2n) is 13.0. The van der Waals surface area contributed by atoms with Crippen LogP contribution in [0.3, 0.4) is 0 Å². The zero-order valence-electron chi connectivity index (χ0n) is 23.7. The monoisotopic (exact) mass is 514 g/mol. The minimum absolute atomic E-state index is 0.0924. The van der Waals surface area contributed by atoms with Crippen molar-refractivity contribution < 1.29 is 8.85 Å². The van der Waals surface area contributed by atoms with Crippen LogP contribution in [0.2, 0.25) is 36.3 Å². The largest absolute Gasteiger partial charge is 0.543 e. The van der Waals surface area contributed by atoms with E-state index in [1.165, 1.54) is 21.5 Å². The zero-order valence-corrected chi connectivity index (χ0v) is 25.7. The van der Waals surface area contributed by atoms with Crippen molar-refractivity contribution in [3.63, 3.8) is 0 Å². The fourth-order valence-electron chi connectivity index (χ4n) is 4.04. The molecule has 4 aromatic rings. The van der Waals surface area contributed by atoms with Gasteiger partial charge in [0.15, 0.2) is 0 Å². The van der Waals surface area contributed by atoms with Gasteiger partial charge < -0.3 is 8.85 Å². The molecule has 190 valence electrons. The third kappa shape index (κ3) is 4.86. The van der Waals surface area contributed by atoms with E-state index in [2.05, 4.69) is 141 Å². The van der Waals surface area contributed by atoms with E-state index in [0.29, 0.717) is 0 Å². The summed E-state index contributed by atoms with van der Waals surface area (Å²) >= 11 is 0. The van der Waals surface area contributed by atoms with Gasteiger partial charge in [-0.25, -0.2) is 0 Å². The van der Waals surface area contributed by atoms with Crippen LogP contribution in [-0.2, 0) is 0 Å². The normalized spacial score (nSPS) is 13.3. The average Bonchev–Trinajstić information content (AvgIpc) is 2.77. The molecule has 0 bridgehead atoms. The molecular formula is C32H42O2Si2. The molecule has 0 spiro atoms. The molecule has 4 heteroatoms. The summed E-state index contributed by atoms with van der Waals surface area (Å²) in [6.07, 6.45) is 0. The predicted octanol–water partition coefficient (Wildman–Crippen LogP) is 10.4. The lowest BCUT2D eigenvalue weighted by Gasteiger charge is -2.38. The fourth-order valence-corrected chi connectivity index (χ4v) is 6.10. The Balaban J connectivity index is 2.09. The van der Waals surface area contributed by atoms with Crippen molar-refractivity contribution in [1.29, 1.82) is 0 Å². The lowest BCUT2D eigenvalue weighted by molar-refractivity contribution is 0.489. The number of hydrogen-bond acceptors (Lipinski definition) is 2. The van der Waals surface area contributed by atoms with Crippen LogP contribution in [0.15, 0.2) is 72.8 Å². The molecule has 0 aromatic heterocycles. The standard InChI is InChI=1S/C32H42O2Si2/c1-31(2,3)35(7,8)33-27-21-19-23-15-11-13-17-25(23)29(27)30-26-18-14-12-16-24(26)20-22-28(30)34-36(9,10)32(4,5)6/h11-22H,1-10H3. The second-order valence-corrected chi connectivity index (χ2v) is 22.5. The predicted molar refractivity (Wildman–Crippen MR) is 163 cm³/mol. The maximum absolute atomic E-state index is 7.06. The fraction of sp³-hybridized carbons (Fsp3) is 0.375. The van der Waals surface area contributed by atoms with Crippen LogP contribution in [0.1, 0.15) is 41.5 Å². The van der Waals surface area contributed by atoms with E-state index in [1.807, 2.05) is 0 Å². The molecule has 36 heavy (non-hydrogen) atoms. The molecule has 0 aliphatic rings. The van der Waals surface area contributed by atoms with Crippen molar-refractivity contribution in [3.05, 3.63) is 72.8 Å². The molecule has 4 aromatic carbocycles. The Morgan fingerprint density at radius 3 is 1.14 bits per heavy atom. The third-order valence-corrected chi connectivity index (χ3v) is 17.1. The lowest BCUT2D eigenvalue weighted by atomic mass is 9.92. The highest BCUT2D eigenvalue weighted by atomic mass is 28.4. The molecule has 2 nitrogen and oxygen atoms in total. The molecule has 4 rings (SSSR count). The summed E-state index contributed by atoms with van der Waals surface area (Å²) in [4.78, 5) is 0. The second kappa shape index (κ2) is 9.07. The first-order valence-electron chi connectivity index (χ1n) is 13.0. The van der Waals surface area contributed by atoms with Crippen molar-refractivity contribution in [1.82, 2.24) is 0 Å². The van der Waals surface area contributed by atoms with E-state index in [0.717, 1.165) is 22.6 Å². The van der Waals surface area contributed by atoms with Crippen LogP contribution >= 0.6 is 0 Å². The Morgan fingerprint density at radius 1 is 0.472 bits per heavy atom. The molecular weight excluding hydrogens is 473 g/mol. The maximum Gasteiger partial charge on any atom is 0.250 e. The van der Waals surface area contributed by atoms with E-state index in [4.69, 9.17) is 8.85 Å². The highest BCUT2D eigenvalue weighted by Crippen LogP contribution is 2.49. The van der Waals surface area contributed by atoms with Crippen LogP contribution in [0.4, 0.5) is 0 Å². The van der Waals surface area contributed by atoms with Gasteiger partial charge in [-0.1, -0.05) is 102 Å². The van der Waals surface area contributed by atoms with Crippen molar-refractivity contribution in [3.8, 4) is 22.6 Å². The molecule has 0 radical (unpaired) electrons. The summed E-state index contributed by atoms with van der Waals surface area (Å²) in [7, 11) is -4.18. The molecule has 0 N–H and O–H groups in total. The maximum atomic E-state index is 7.06. The van der Waals surface area contributed by atoms with Gasteiger partial charge in [-0.2, -0.15) is 0 Å². The highest BCUT2D eigenvalue weighted by molar-refractivity contribution is 6.75. The van der Waals surface area contributed by atoms with E-state index in [9.17, 15) is 0 Å². The number of benzene rings is 4. The molecule has 0 fully saturated rings. The summed E-state index contributed by atoms with van der Waals surface area (Å²) in [6, 6.07) is 26.0. The van der Waals surface area contributed by atoms with E-state index in [1.54, 1.807) is 0 Å². The minimum atomic E-state index is -2.09. The van der Waals surface area contributed by atoms with E-state index >= 15 is 0 Å². The molecule has 0 atom stereocenters. The van der Waals surface area contributed by atoms with E-state index < -0.39 is 16.6 Å². The van der Waals surface area contributed by atoms with Gasteiger partial charge in [-0.05, 0) is 69.9 Å². The molecule has 0 amide bonds. The van der Waals surface area contributed by atoms with Crippen LogP contribution in [0, 0.1) is 0 Å². The van der Waals surface area contributed by atoms with Crippen molar-refractivity contribution in [2.24, 2.45) is 0 Å². The Kier molecular flexibility index (Phi) is 6.68. The van der Waals surface area contributed by atoms with Gasteiger partial charge in [0.05, 0.1) is 0 Å². The quantitative estimate of drug-likeness (QED) is 0.247. The smallest absolute Gasteiger partial charge is 0.250 e. The van der Waals surface area contributed by atoms with Gasteiger partial charge >= 0.3 is 0 Å². The molecule has 0 aliphatic heterocycles. The first-order chi connectivity index (χ1) is 16.6. The summed E-state index contributed by atoms with van der Waals surface area (Å²) < 4.78 is 14.1. The first-order valence-corrected chi connectivity index (χ1v) is 18.9. The van der Waals surface area contributed by atoms with Crippen molar-refractivity contribution in [2.75, 3.05) is 0 Å². The first kappa shape index (κ1) is 26.5. The molecule has 0 unspecified atom stereocenters. The molecule has 0 heterocycles. The summed E-state index contributed by atoms with van der Waals surface area (Å²) in [5.74, 6) is 1.91. The molecule has 0 saturated heterocycles. The van der Waals surface area contributed by atoms with Crippen LogP contribution in [0.5, 0.6) is 11.5 Å². The van der Waals surface area contributed by atoms with Crippen molar-refractivity contribution >= 4 is 38.2 Å². The topological polar surface area (TPSA) is 18.5 Å². The Labute approximate surface area is 219 Å².